The first-order valence-electron chi connectivity index (χ1n) is 8.39. The maximum atomic E-state index is 12.6. The number of benzene rings is 2. The van der Waals surface area contributed by atoms with Crippen LogP contribution in [0.4, 0.5) is 4.79 Å². The first kappa shape index (κ1) is 17.2. The van der Waals surface area contributed by atoms with Crippen LogP contribution in [-0.4, -0.2) is 22.0 Å². The number of nitrogens with two attached hydrogens (primary N) is 1. The van der Waals surface area contributed by atoms with Gasteiger partial charge in [0, 0.05) is 17.1 Å². The number of primary amides is 1. The average Bonchev–Trinajstić information content (AvgIpc) is 3.12. The van der Waals surface area contributed by atoms with E-state index in [1.54, 1.807) is 29.1 Å². The van der Waals surface area contributed by atoms with Gasteiger partial charge in [-0.15, -0.1) is 0 Å². The molecule has 0 saturated heterocycles. The van der Waals surface area contributed by atoms with Gasteiger partial charge in [0.1, 0.15) is 11.3 Å². The molecule has 138 valence electrons. The maximum absolute atomic E-state index is 12.6. The molecule has 3 N–H and O–H groups in total. The molecule has 8 nitrogen and oxygen atoms in total. The fourth-order valence-electron chi connectivity index (χ4n) is 2.80. The summed E-state index contributed by atoms with van der Waals surface area (Å²) in [6, 6.07) is 17.6. The number of aromatic nitrogens is 2. The lowest BCUT2D eigenvalue weighted by molar-refractivity contribution is 0.249. The molecule has 0 aliphatic heterocycles. The summed E-state index contributed by atoms with van der Waals surface area (Å²) < 4.78 is 7.04. The Labute approximate surface area is 158 Å². The lowest BCUT2D eigenvalue weighted by atomic mass is 10.1. The molecule has 2 heterocycles. The highest BCUT2D eigenvalue weighted by molar-refractivity contribution is 5.91. The van der Waals surface area contributed by atoms with Crippen molar-refractivity contribution in [2.45, 2.75) is 0 Å². The van der Waals surface area contributed by atoms with Gasteiger partial charge in [-0.3, -0.25) is 0 Å². The van der Waals surface area contributed by atoms with Crippen LogP contribution < -0.4 is 16.8 Å². The number of hydrazone groups is 1. The molecule has 8 heteroatoms. The quantitative estimate of drug-likeness (QED) is 0.325. The first-order chi connectivity index (χ1) is 13.6. The van der Waals surface area contributed by atoms with Crippen molar-refractivity contribution in [2.75, 3.05) is 0 Å². The van der Waals surface area contributed by atoms with Crippen LogP contribution in [0.1, 0.15) is 5.56 Å². The summed E-state index contributed by atoms with van der Waals surface area (Å²) in [6.45, 7) is 0. The number of para-hydroxylation sites is 2. The van der Waals surface area contributed by atoms with Gasteiger partial charge in [0.05, 0.1) is 17.5 Å². The Kier molecular flexibility index (Phi) is 4.43. The van der Waals surface area contributed by atoms with Crippen molar-refractivity contribution in [2.24, 2.45) is 10.8 Å². The number of nitrogens with one attached hydrogen (secondary N) is 1. The van der Waals surface area contributed by atoms with Crippen molar-refractivity contribution >= 4 is 23.2 Å². The molecule has 2 aromatic carbocycles. The predicted octanol–water partition coefficient (Wildman–Crippen LogP) is 2.65. The number of urea groups is 1. The third kappa shape index (κ3) is 3.38. The zero-order chi connectivity index (χ0) is 19.5. The molecule has 0 bridgehead atoms. The van der Waals surface area contributed by atoms with E-state index >= 15 is 0 Å². The molecule has 0 atom stereocenters. The van der Waals surface area contributed by atoms with E-state index in [-0.39, 0.29) is 5.56 Å². The largest absolute Gasteiger partial charge is 0.422 e. The zero-order valence-electron chi connectivity index (χ0n) is 14.6. The molecule has 0 unspecified atom stereocenters. The topological polar surface area (TPSA) is 116 Å². The van der Waals surface area contributed by atoms with Gasteiger partial charge >= 0.3 is 11.7 Å². The summed E-state index contributed by atoms with van der Waals surface area (Å²) in [6.07, 6.45) is 3.08. The molecule has 0 radical (unpaired) electrons. The minimum Gasteiger partial charge on any atom is -0.422 e. The van der Waals surface area contributed by atoms with Crippen molar-refractivity contribution in [3.05, 3.63) is 82.8 Å². The van der Waals surface area contributed by atoms with Crippen molar-refractivity contribution < 1.29 is 9.21 Å². The Morgan fingerprint density at radius 3 is 2.68 bits per heavy atom. The second kappa shape index (κ2) is 7.20. The fourth-order valence-corrected chi connectivity index (χ4v) is 2.80. The Balaban J connectivity index is 1.88. The van der Waals surface area contributed by atoms with Gasteiger partial charge in [0.25, 0.3) is 0 Å². The van der Waals surface area contributed by atoms with E-state index in [1.165, 1.54) is 6.21 Å². The highest BCUT2D eigenvalue weighted by atomic mass is 16.4. The Hall–Kier alpha value is -4.20. The molecule has 0 aliphatic carbocycles. The summed E-state index contributed by atoms with van der Waals surface area (Å²) in [4.78, 5) is 23.4. The molecule has 0 fully saturated rings. The zero-order valence-corrected chi connectivity index (χ0v) is 14.6. The van der Waals surface area contributed by atoms with E-state index in [2.05, 4.69) is 15.6 Å². The second-order valence-corrected chi connectivity index (χ2v) is 5.93. The molecule has 2 amide bonds. The Morgan fingerprint density at radius 1 is 1.14 bits per heavy atom. The third-order valence-corrected chi connectivity index (χ3v) is 4.04. The highest BCUT2D eigenvalue weighted by Crippen LogP contribution is 2.23. The molecule has 0 saturated carbocycles. The SMILES string of the molecule is NC(=O)N/N=C/c1cn(-c2ccccc2)nc1-c1cc2ccccc2oc1=O. The molecule has 2 aromatic heterocycles. The molecule has 28 heavy (non-hydrogen) atoms. The first-order valence-corrected chi connectivity index (χ1v) is 8.39. The smallest absolute Gasteiger partial charge is 0.345 e. The van der Waals surface area contributed by atoms with Crippen LogP contribution in [0, 0.1) is 0 Å². The number of amides is 2. The minimum atomic E-state index is -0.793. The van der Waals surface area contributed by atoms with Crippen molar-refractivity contribution in [3.63, 3.8) is 0 Å². The van der Waals surface area contributed by atoms with E-state index in [0.29, 0.717) is 16.8 Å². The van der Waals surface area contributed by atoms with E-state index in [1.807, 2.05) is 42.5 Å². The van der Waals surface area contributed by atoms with Crippen molar-refractivity contribution in [3.8, 4) is 16.9 Å². The van der Waals surface area contributed by atoms with Gasteiger partial charge in [0.2, 0.25) is 0 Å². The number of hydrogen-bond donors (Lipinski definition) is 2. The van der Waals surface area contributed by atoms with E-state index < -0.39 is 11.7 Å². The maximum Gasteiger partial charge on any atom is 0.345 e. The van der Waals surface area contributed by atoms with E-state index in [0.717, 1.165) is 11.1 Å². The normalized spacial score (nSPS) is 11.1. The van der Waals surface area contributed by atoms with Gasteiger partial charge in [0.15, 0.2) is 0 Å². The fraction of sp³-hybridized carbons (Fsp3) is 0. The van der Waals surface area contributed by atoms with Gasteiger partial charge in [-0.05, 0) is 24.3 Å². The van der Waals surface area contributed by atoms with Gasteiger partial charge < -0.3 is 10.2 Å². The number of carbonyl (C=O) groups is 1. The van der Waals surface area contributed by atoms with E-state index in [4.69, 9.17) is 10.2 Å². The Morgan fingerprint density at radius 2 is 1.89 bits per heavy atom. The van der Waals surface area contributed by atoms with Crippen LogP contribution in [0.2, 0.25) is 0 Å². The van der Waals surface area contributed by atoms with Crippen molar-refractivity contribution in [1.29, 1.82) is 0 Å². The number of nitrogens with zero attached hydrogens (tertiary/aromatic N) is 3. The molecule has 4 aromatic rings. The van der Waals surface area contributed by atoms with Gasteiger partial charge in [-0.1, -0.05) is 36.4 Å². The van der Waals surface area contributed by atoms with Crippen molar-refractivity contribution in [1.82, 2.24) is 15.2 Å². The standard InChI is InChI=1S/C20H15N5O3/c21-20(27)23-22-11-14-12-25(15-7-2-1-3-8-15)24-18(14)16-10-13-6-4-5-9-17(13)28-19(16)26/h1-12H,(H3,21,23,27)/b22-11+. The molecule has 0 spiro atoms. The minimum absolute atomic E-state index is 0.286. The predicted molar refractivity (Wildman–Crippen MR) is 105 cm³/mol. The van der Waals surface area contributed by atoms with Crippen LogP contribution in [0.15, 0.2) is 81.2 Å². The number of fused-ring (bicyclic) bond motifs is 1. The number of rotatable bonds is 4. The summed E-state index contributed by atoms with van der Waals surface area (Å²) in [5.74, 6) is 0. The summed E-state index contributed by atoms with van der Waals surface area (Å²) >= 11 is 0. The molecule has 4 rings (SSSR count). The monoisotopic (exact) mass is 373 g/mol. The average molecular weight is 373 g/mol. The number of hydrogen-bond acceptors (Lipinski definition) is 5. The molecular weight excluding hydrogens is 358 g/mol. The Bertz CT molecular complexity index is 1240. The van der Waals surface area contributed by atoms with Crippen LogP contribution in [0.25, 0.3) is 27.9 Å². The summed E-state index contributed by atoms with van der Waals surface area (Å²) in [5, 5.41) is 9.10. The van der Waals surface area contributed by atoms with Crippen LogP contribution in [-0.2, 0) is 0 Å². The lowest BCUT2D eigenvalue weighted by Gasteiger charge is -2.01. The lowest BCUT2D eigenvalue weighted by Crippen LogP contribution is -2.24. The van der Waals surface area contributed by atoms with Gasteiger partial charge in [-0.2, -0.15) is 10.2 Å². The van der Waals surface area contributed by atoms with Crippen LogP contribution >= 0.6 is 0 Å². The highest BCUT2D eigenvalue weighted by Gasteiger charge is 2.16. The van der Waals surface area contributed by atoms with E-state index in [9.17, 15) is 9.59 Å². The second-order valence-electron chi connectivity index (χ2n) is 5.93. The van der Waals surface area contributed by atoms with Crippen LogP contribution in [0.5, 0.6) is 0 Å². The summed E-state index contributed by atoms with van der Waals surface area (Å²) in [7, 11) is 0. The third-order valence-electron chi connectivity index (χ3n) is 4.04. The molecular formula is C20H15N5O3. The van der Waals surface area contributed by atoms with Gasteiger partial charge in [-0.25, -0.2) is 19.7 Å². The van der Waals surface area contributed by atoms with Crippen LogP contribution in [0.3, 0.4) is 0 Å². The molecule has 0 aliphatic rings. The summed E-state index contributed by atoms with van der Waals surface area (Å²) in [5.41, 5.74) is 9.12. The number of carbonyl (C=O) groups excluding carboxylic acids is 1.